The summed E-state index contributed by atoms with van der Waals surface area (Å²) in [6.07, 6.45) is 0.133. The predicted octanol–water partition coefficient (Wildman–Crippen LogP) is -3.45. The number of phenolic OH excluding ortho intramolecular Hbond substituents is 1. The highest BCUT2D eigenvalue weighted by Crippen LogP contribution is 2.24. The van der Waals surface area contributed by atoms with Crippen molar-refractivity contribution >= 4 is 62.9 Å². The van der Waals surface area contributed by atoms with Gasteiger partial charge in [-0.1, -0.05) is 64.1 Å². The van der Waals surface area contributed by atoms with Crippen molar-refractivity contribution in [2.45, 2.75) is 43.1 Å². The van der Waals surface area contributed by atoms with Crippen LogP contribution in [-0.4, -0.2) is 113 Å². The van der Waals surface area contributed by atoms with Gasteiger partial charge in [-0.15, -0.1) is 0 Å². The Morgan fingerprint density at radius 2 is 1.58 bits per heavy atom. The van der Waals surface area contributed by atoms with Crippen LogP contribution < -0.4 is 43.4 Å². The van der Waals surface area contributed by atoms with Crippen LogP contribution >= 0.6 is 21.6 Å². The third kappa shape index (κ3) is 13.2. The average Bonchev–Trinajstić information content (AvgIpc) is 3.09. The Labute approximate surface area is 295 Å². The molecule has 2 aromatic carbocycles. The number of carbonyl (C=O) groups is 7. The topological polar surface area (TPSA) is 284 Å². The fourth-order valence-electron chi connectivity index (χ4n) is 4.49. The zero-order chi connectivity index (χ0) is 36.6. The van der Waals surface area contributed by atoms with Crippen LogP contribution in [-0.2, 0) is 46.4 Å². The molecule has 50 heavy (non-hydrogen) atoms. The standard InChI is InChI=1S/C31H40N8O9S2/c32-20(10-18-6-8-19(41)9-7-18)27(44)38-23-15-49-50-16-24(31(48)37-22(14-40)28(45)34-12-25(33)42)39-30(47)21(11-17-4-2-1-3-5-17)36-26(43)13-35-29(23)46/h1-9,20-24,40-41H,10-16,32H2,(H2,33,42)(H,34,45)(H,35,46)(H,36,43)(H,37,48)(H,38,44)(H,39,47)/t20-,21-,22-,23?,24+/m0/s1. The van der Waals surface area contributed by atoms with Crippen molar-refractivity contribution < 1.29 is 43.8 Å². The Morgan fingerprint density at radius 3 is 2.24 bits per heavy atom. The van der Waals surface area contributed by atoms with E-state index in [4.69, 9.17) is 11.5 Å². The molecule has 19 heteroatoms. The SMILES string of the molecule is NC(=O)CNC(=O)[C@H](CO)NC(=O)[C@H]1CSSCC(NC(=O)[C@@H](N)Cc2ccc(O)cc2)C(=O)NCC(=O)N[C@@H](Cc2ccccc2)C(=O)N1. The summed E-state index contributed by atoms with van der Waals surface area (Å²) >= 11 is 0. The minimum Gasteiger partial charge on any atom is -0.508 e. The average molecular weight is 733 g/mol. The van der Waals surface area contributed by atoms with E-state index in [1.807, 2.05) is 0 Å². The predicted molar refractivity (Wildman–Crippen MR) is 185 cm³/mol. The minimum atomic E-state index is -1.49. The van der Waals surface area contributed by atoms with Gasteiger partial charge in [-0.3, -0.25) is 33.6 Å². The molecule has 0 saturated carbocycles. The molecule has 0 radical (unpaired) electrons. The molecular weight excluding hydrogens is 693 g/mol. The van der Waals surface area contributed by atoms with Crippen molar-refractivity contribution in [1.29, 1.82) is 0 Å². The summed E-state index contributed by atoms with van der Waals surface area (Å²) in [7, 11) is 2.15. The Bertz CT molecular complexity index is 1520. The minimum absolute atomic E-state index is 0.0228. The lowest BCUT2D eigenvalue weighted by Gasteiger charge is -2.26. The van der Waals surface area contributed by atoms with E-state index in [-0.39, 0.29) is 30.1 Å². The lowest BCUT2D eigenvalue weighted by Crippen LogP contribution is -2.59. The Balaban J connectivity index is 1.79. The van der Waals surface area contributed by atoms with Crippen molar-refractivity contribution in [3.63, 3.8) is 0 Å². The van der Waals surface area contributed by atoms with Crippen molar-refractivity contribution in [1.82, 2.24) is 31.9 Å². The van der Waals surface area contributed by atoms with Gasteiger partial charge in [0.2, 0.25) is 41.4 Å². The maximum atomic E-state index is 13.5. The number of aliphatic hydroxyl groups is 1. The van der Waals surface area contributed by atoms with E-state index in [2.05, 4.69) is 31.9 Å². The Morgan fingerprint density at radius 1 is 0.900 bits per heavy atom. The summed E-state index contributed by atoms with van der Waals surface area (Å²) in [5.74, 6) is -5.50. The molecule has 1 heterocycles. The fourth-order valence-corrected chi connectivity index (χ4v) is 6.81. The zero-order valence-electron chi connectivity index (χ0n) is 26.8. The molecule has 1 fully saturated rings. The number of benzene rings is 2. The summed E-state index contributed by atoms with van der Waals surface area (Å²) in [6.45, 7) is -1.91. The van der Waals surface area contributed by atoms with Crippen LogP contribution in [0.4, 0.5) is 0 Å². The fraction of sp³-hybridized carbons (Fsp3) is 0.387. The normalized spacial score (nSPS) is 20.0. The molecule has 1 unspecified atom stereocenters. The van der Waals surface area contributed by atoms with E-state index in [0.29, 0.717) is 11.1 Å². The third-order valence-electron chi connectivity index (χ3n) is 7.16. The number of primary amides is 1. The molecule has 7 amide bonds. The number of nitrogens with two attached hydrogens (primary N) is 2. The molecule has 1 aliphatic heterocycles. The number of amides is 7. The van der Waals surface area contributed by atoms with Crippen LogP contribution in [0.15, 0.2) is 54.6 Å². The van der Waals surface area contributed by atoms with Gasteiger partial charge in [0.15, 0.2) is 0 Å². The van der Waals surface area contributed by atoms with Gasteiger partial charge in [-0.05, 0) is 29.7 Å². The Hall–Kier alpha value is -4.85. The lowest BCUT2D eigenvalue weighted by molar-refractivity contribution is -0.134. The van der Waals surface area contributed by atoms with E-state index in [1.165, 1.54) is 12.1 Å². The monoisotopic (exact) mass is 732 g/mol. The van der Waals surface area contributed by atoms with E-state index >= 15 is 0 Å². The van der Waals surface area contributed by atoms with Gasteiger partial charge in [0.25, 0.3) is 0 Å². The van der Waals surface area contributed by atoms with Crippen molar-refractivity contribution in [2.24, 2.45) is 11.5 Å². The summed E-state index contributed by atoms with van der Waals surface area (Å²) in [5.41, 5.74) is 12.5. The van der Waals surface area contributed by atoms with Crippen LogP contribution in [0.25, 0.3) is 0 Å². The summed E-state index contributed by atoms with van der Waals surface area (Å²) in [6, 6.07) is 8.64. The molecule has 0 spiro atoms. The van der Waals surface area contributed by atoms with Crippen LogP contribution in [0, 0.1) is 0 Å². The first kappa shape index (κ1) is 39.6. The molecule has 0 aliphatic carbocycles. The van der Waals surface area contributed by atoms with E-state index in [1.54, 1.807) is 42.5 Å². The van der Waals surface area contributed by atoms with Crippen molar-refractivity contribution in [3.05, 3.63) is 65.7 Å². The largest absolute Gasteiger partial charge is 0.508 e. The molecule has 0 aromatic heterocycles. The number of hydrogen-bond donors (Lipinski definition) is 10. The lowest BCUT2D eigenvalue weighted by atomic mass is 10.0. The maximum absolute atomic E-state index is 13.5. The van der Waals surface area contributed by atoms with Gasteiger partial charge in [0, 0.05) is 17.9 Å². The van der Waals surface area contributed by atoms with Gasteiger partial charge >= 0.3 is 0 Å². The van der Waals surface area contributed by atoms with E-state index in [0.717, 1.165) is 21.6 Å². The van der Waals surface area contributed by atoms with Gasteiger partial charge in [-0.2, -0.15) is 0 Å². The third-order valence-corrected chi connectivity index (χ3v) is 9.58. The second-order valence-corrected chi connectivity index (χ2v) is 13.7. The van der Waals surface area contributed by atoms with Crippen LogP contribution in [0.5, 0.6) is 5.75 Å². The molecule has 3 rings (SSSR count). The molecular formula is C31H40N8O9S2. The molecule has 17 nitrogen and oxygen atoms in total. The quantitative estimate of drug-likeness (QED) is 0.0954. The molecule has 0 bridgehead atoms. The van der Waals surface area contributed by atoms with Crippen LogP contribution in [0.3, 0.4) is 0 Å². The van der Waals surface area contributed by atoms with Crippen molar-refractivity contribution in [2.75, 3.05) is 31.2 Å². The number of phenols is 1. The highest BCUT2D eigenvalue weighted by Gasteiger charge is 2.31. The first-order valence-corrected chi connectivity index (χ1v) is 17.8. The molecule has 1 saturated heterocycles. The van der Waals surface area contributed by atoms with Gasteiger partial charge in [-0.25, -0.2) is 0 Å². The van der Waals surface area contributed by atoms with E-state index in [9.17, 15) is 43.8 Å². The molecule has 1 aliphatic rings. The molecule has 12 N–H and O–H groups in total. The summed E-state index contributed by atoms with van der Waals surface area (Å²) in [4.78, 5) is 89.5. The van der Waals surface area contributed by atoms with Crippen LogP contribution in [0.2, 0.25) is 0 Å². The number of hydrogen-bond acceptors (Lipinski definition) is 12. The number of aromatic hydroxyl groups is 1. The number of aliphatic hydroxyl groups excluding tert-OH is 1. The van der Waals surface area contributed by atoms with Gasteiger partial charge < -0.3 is 53.6 Å². The highest BCUT2D eigenvalue weighted by atomic mass is 33.1. The molecule has 270 valence electrons. The summed E-state index contributed by atoms with van der Waals surface area (Å²) < 4.78 is 0. The first-order valence-electron chi connectivity index (χ1n) is 15.3. The van der Waals surface area contributed by atoms with Gasteiger partial charge in [0.1, 0.15) is 29.9 Å². The van der Waals surface area contributed by atoms with Gasteiger partial charge in [0.05, 0.1) is 25.7 Å². The van der Waals surface area contributed by atoms with Crippen molar-refractivity contribution in [3.8, 4) is 5.75 Å². The number of rotatable bonds is 12. The maximum Gasteiger partial charge on any atom is 0.245 e. The number of carbonyl (C=O) groups excluding carboxylic acids is 7. The zero-order valence-corrected chi connectivity index (χ0v) is 28.4. The first-order chi connectivity index (χ1) is 23.9. The summed E-state index contributed by atoms with van der Waals surface area (Å²) in [5, 5.41) is 34.0. The number of nitrogens with one attached hydrogen (secondary N) is 6. The molecule has 5 atom stereocenters. The second kappa shape index (κ2) is 20.0. The van der Waals surface area contributed by atoms with E-state index < -0.39 is 91.3 Å². The second-order valence-electron chi connectivity index (χ2n) is 11.1. The Kier molecular flexibility index (Phi) is 15.8. The smallest absolute Gasteiger partial charge is 0.245 e. The molecule has 2 aromatic rings. The highest BCUT2D eigenvalue weighted by molar-refractivity contribution is 8.76. The van der Waals surface area contributed by atoms with Crippen LogP contribution in [0.1, 0.15) is 11.1 Å².